The Labute approximate surface area is 222 Å². The molecule has 208 valence electrons. The maximum Gasteiger partial charge on any atom is 0.416 e. The van der Waals surface area contributed by atoms with E-state index in [2.05, 4.69) is 15.8 Å². The number of nitrogens with zero attached hydrogens (tertiary/aromatic N) is 1. The van der Waals surface area contributed by atoms with Gasteiger partial charge in [-0.05, 0) is 42.5 Å². The zero-order valence-electron chi connectivity index (χ0n) is 19.4. The van der Waals surface area contributed by atoms with Crippen LogP contribution in [0, 0.1) is 11.6 Å². The quantitative estimate of drug-likeness (QED) is 0.252. The van der Waals surface area contributed by atoms with Gasteiger partial charge in [-0.25, -0.2) is 8.78 Å². The molecule has 1 atom stereocenters. The van der Waals surface area contributed by atoms with Gasteiger partial charge < -0.3 is 15.2 Å². The van der Waals surface area contributed by atoms with E-state index < -0.39 is 65.2 Å². The molecule has 1 aliphatic rings. The first-order valence-electron chi connectivity index (χ1n) is 11.1. The fourth-order valence-corrected chi connectivity index (χ4v) is 4.64. The summed E-state index contributed by atoms with van der Waals surface area (Å²) in [5.74, 6) is -5.04. The smallest absolute Gasteiger partial charge is 0.360 e. The summed E-state index contributed by atoms with van der Waals surface area (Å²) in [6, 6.07) is 3.94. The number of halogens is 9. The summed E-state index contributed by atoms with van der Waals surface area (Å²) >= 11 is 6.20. The minimum Gasteiger partial charge on any atom is -0.360 e. The van der Waals surface area contributed by atoms with Crippen molar-refractivity contribution in [3.05, 3.63) is 92.7 Å². The van der Waals surface area contributed by atoms with Gasteiger partial charge in [-0.3, -0.25) is 9.59 Å². The standard InChI is InChI=1S/C25H12ClF8N3O3/c26-15-2-1-11(27)6-13(15)20-18-16(35-22(38)9-3-10(25(32,33)34)5-12(28)4-9)7-14-17(8-24(29,30)31)40-37-21(14)19(18)23(39)36-20/h1-7,20H,8H2,(H,35,38)(H,36,39). The number of fused-ring (bicyclic) bond motifs is 3. The third-order valence-electron chi connectivity index (χ3n) is 6.04. The topological polar surface area (TPSA) is 84.2 Å². The highest BCUT2D eigenvalue weighted by Gasteiger charge is 2.39. The highest BCUT2D eigenvalue weighted by molar-refractivity contribution is 6.31. The second kappa shape index (κ2) is 9.47. The Bertz CT molecular complexity index is 1700. The highest BCUT2D eigenvalue weighted by atomic mass is 35.5. The lowest BCUT2D eigenvalue weighted by Gasteiger charge is -2.18. The number of carbonyl (C=O) groups excluding carboxylic acids is 2. The zero-order chi connectivity index (χ0) is 29.1. The summed E-state index contributed by atoms with van der Waals surface area (Å²) in [5.41, 5.74) is -3.40. The Hall–Kier alpha value is -4.20. The second-order valence-electron chi connectivity index (χ2n) is 8.76. The number of carbonyl (C=O) groups is 2. The van der Waals surface area contributed by atoms with Crippen LogP contribution in [0.15, 0.2) is 47.0 Å². The molecule has 0 radical (unpaired) electrons. The molecule has 1 aromatic heterocycles. The molecule has 5 rings (SSSR count). The van der Waals surface area contributed by atoms with E-state index in [1.54, 1.807) is 0 Å². The van der Waals surface area contributed by atoms with Crippen LogP contribution in [0.2, 0.25) is 5.02 Å². The van der Waals surface area contributed by atoms with Crippen molar-refractivity contribution >= 4 is 40.0 Å². The van der Waals surface area contributed by atoms with Crippen molar-refractivity contribution < 1.29 is 49.2 Å². The van der Waals surface area contributed by atoms with Gasteiger partial charge in [0.15, 0.2) is 5.76 Å². The van der Waals surface area contributed by atoms with E-state index in [4.69, 9.17) is 16.1 Å². The molecule has 2 N–H and O–H groups in total. The van der Waals surface area contributed by atoms with Crippen LogP contribution in [0.1, 0.15) is 49.2 Å². The lowest BCUT2D eigenvalue weighted by molar-refractivity contribution is -0.137. The average Bonchev–Trinajstić information content (AvgIpc) is 3.39. The summed E-state index contributed by atoms with van der Waals surface area (Å²) in [4.78, 5) is 26.0. The van der Waals surface area contributed by atoms with Gasteiger partial charge in [0.1, 0.15) is 23.6 Å². The molecule has 6 nitrogen and oxygen atoms in total. The van der Waals surface area contributed by atoms with Crippen LogP contribution < -0.4 is 10.6 Å². The summed E-state index contributed by atoms with van der Waals surface area (Å²) in [5, 5.41) is 7.96. The van der Waals surface area contributed by atoms with E-state index in [-0.39, 0.29) is 44.4 Å². The Morgan fingerprint density at radius 3 is 2.42 bits per heavy atom. The fraction of sp³-hybridized carbons (Fsp3) is 0.160. The maximum absolute atomic E-state index is 14.1. The number of alkyl halides is 6. The lowest BCUT2D eigenvalue weighted by atomic mass is 9.93. The number of nitrogens with one attached hydrogen (secondary N) is 2. The molecular weight excluding hydrogens is 578 g/mol. The van der Waals surface area contributed by atoms with E-state index in [0.29, 0.717) is 12.1 Å². The number of anilines is 1. The number of hydrogen-bond donors (Lipinski definition) is 2. The Balaban J connectivity index is 1.70. The molecule has 2 heterocycles. The molecule has 0 bridgehead atoms. The van der Waals surface area contributed by atoms with Crippen LogP contribution in [0.25, 0.3) is 10.9 Å². The van der Waals surface area contributed by atoms with Gasteiger partial charge >= 0.3 is 12.4 Å². The van der Waals surface area contributed by atoms with E-state index in [1.165, 1.54) is 6.07 Å². The minimum absolute atomic E-state index is 0.00672. The molecule has 4 aromatic rings. The highest BCUT2D eigenvalue weighted by Crippen LogP contribution is 2.44. The van der Waals surface area contributed by atoms with Gasteiger partial charge in [0.05, 0.1) is 17.2 Å². The summed E-state index contributed by atoms with van der Waals surface area (Å²) in [6.07, 6.45) is -11.4. The molecule has 40 heavy (non-hydrogen) atoms. The van der Waals surface area contributed by atoms with Crippen molar-refractivity contribution in [1.29, 1.82) is 0 Å². The molecule has 3 aromatic carbocycles. The molecule has 1 unspecified atom stereocenters. The molecule has 15 heteroatoms. The predicted molar refractivity (Wildman–Crippen MR) is 124 cm³/mol. The van der Waals surface area contributed by atoms with Gasteiger partial charge in [-0.15, -0.1) is 0 Å². The van der Waals surface area contributed by atoms with Crippen LogP contribution in [-0.2, 0) is 12.6 Å². The molecule has 2 amide bonds. The summed E-state index contributed by atoms with van der Waals surface area (Å²) in [6.45, 7) is 0. The van der Waals surface area contributed by atoms with Gasteiger partial charge in [0.2, 0.25) is 0 Å². The molecule has 0 aliphatic carbocycles. The van der Waals surface area contributed by atoms with Crippen molar-refractivity contribution in [1.82, 2.24) is 10.5 Å². The van der Waals surface area contributed by atoms with Crippen molar-refractivity contribution in [2.45, 2.75) is 24.8 Å². The number of aromatic nitrogens is 1. The van der Waals surface area contributed by atoms with E-state index in [9.17, 15) is 44.7 Å². The number of rotatable bonds is 4. The number of hydrogen-bond acceptors (Lipinski definition) is 4. The van der Waals surface area contributed by atoms with Gasteiger partial charge in [0, 0.05) is 32.8 Å². The van der Waals surface area contributed by atoms with Gasteiger partial charge in [-0.1, -0.05) is 16.8 Å². The first-order chi connectivity index (χ1) is 18.6. The van der Waals surface area contributed by atoms with E-state index >= 15 is 0 Å². The lowest BCUT2D eigenvalue weighted by Crippen LogP contribution is -2.21. The second-order valence-corrected chi connectivity index (χ2v) is 9.17. The van der Waals surface area contributed by atoms with Crippen LogP contribution in [-0.4, -0.2) is 23.1 Å². The molecule has 1 aliphatic heterocycles. The third-order valence-corrected chi connectivity index (χ3v) is 6.39. The van der Waals surface area contributed by atoms with Gasteiger partial charge in [0.25, 0.3) is 11.8 Å². The van der Waals surface area contributed by atoms with Crippen LogP contribution in [0.5, 0.6) is 0 Å². The molecule has 0 saturated carbocycles. The van der Waals surface area contributed by atoms with Crippen molar-refractivity contribution in [3.8, 4) is 0 Å². The van der Waals surface area contributed by atoms with E-state index in [1.807, 2.05) is 0 Å². The Kier molecular flexibility index (Phi) is 6.48. The fourth-order valence-electron chi connectivity index (χ4n) is 4.41. The van der Waals surface area contributed by atoms with Crippen molar-refractivity contribution in [2.75, 3.05) is 5.32 Å². The predicted octanol–water partition coefficient (Wildman–Crippen LogP) is 6.97. The van der Waals surface area contributed by atoms with Crippen molar-refractivity contribution in [3.63, 3.8) is 0 Å². The molecule has 0 saturated heterocycles. The number of benzene rings is 3. The average molecular weight is 590 g/mol. The zero-order valence-corrected chi connectivity index (χ0v) is 20.2. The minimum atomic E-state index is -5.00. The monoisotopic (exact) mass is 589 g/mol. The Morgan fingerprint density at radius 2 is 1.75 bits per heavy atom. The van der Waals surface area contributed by atoms with Crippen LogP contribution >= 0.6 is 11.6 Å². The third kappa shape index (κ3) is 5.06. The SMILES string of the molecule is O=C(Nc1cc2c(CC(F)(F)F)onc2c2c1C(c1cc(F)ccc1Cl)NC2=O)c1cc(F)cc(C(F)(F)F)c1. The van der Waals surface area contributed by atoms with Crippen LogP contribution in [0.3, 0.4) is 0 Å². The summed E-state index contributed by atoms with van der Waals surface area (Å²) < 4.78 is 112. The Morgan fingerprint density at radius 1 is 1.02 bits per heavy atom. The molecule has 0 spiro atoms. The van der Waals surface area contributed by atoms with Gasteiger partial charge in [-0.2, -0.15) is 26.3 Å². The maximum atomic E-state index is 14.1. The largest absolute Gasteiger partial charge is 0.416 e. The number of amides is 2. The first kappa shape index (κ1) is 27.4. The van der Waals surface area contributed by atoms with E-state index in [0.717, 1.165) is 18.2 Å². The van der Waals surface area contributed by atoms with Crippen LogP contribution in [0.4, 0.5) is 40.8 Å². The summed E-state index contributed by atoms with van der Waals surface area (Å²) in [7, 11) is 0. The first-order valence-corrected chi connectivity index (χ1v) is 11.5. The normalized spacial score (nSPS) is 15.3. The molecular formula is C25H12ClF8N3O3. The molecule has 0 fully saturated rings. The van der Waals surface area contributed by atoms with Crippen molar-refractivity contribution in [2.24, 2.45) is 0 Å².